The van der Waals surface area contributed by atoms with Gasteiger partial charge in [0, 0.05) is 6.42 Å². The number of halogens is 6. The maximum Gasteiger partial charge on any atom is 0.309 e. The van der Waals surface area contributed by atoms with Gasteiger partial charge in [0.15, 0.2) is 0 Å². The van der Waals surface area contributed by atoms with Crippen molar-refractivity contribution in [1.29, 1.82) is 0 Å². The summed E-state index contributed by atoms with van der Waals surface area (Å²) in [5.41, 5.74) is 0. The summed E-state index contributed by atoms with van der Waals surface area (Å²) in [6, 6.07) is 0. The van der Waals surface area contributed by atoms with E-state index in [1.54, 1.807) is 0 Å². The van der Waals surface area contributed by atoms with Crippen LogP contribution in [0.15, 0.2) is 0 Å². The van der Waals surface area contributed by atoms with Gasteiger partial charge >= 0.3 is 5.97 Å². The molecule has 0 spiro atoms. The van der Waals surface area contributed by atoms with E-state index in [0.717, 1.165) is 6.92 Å². The number of alkyl halides is 6. The number of carboxylic acid groups (broad SMARTS) is 1. The minimum Gasteiger partial charge on any atom is -0.481 e. The monoisotopic (exact) mass is 266 g/mol. The molecule has 8 heteroatoms. The molecule has 0 aromatic rings. The highest BCUT2D eigenvalue weighted by atomic mass is 19.3. The van der Waals surface area contributed by atoms with Crippen molar-refractivity contribution in [2.45, 2.75) is 50.4 Å². The highest BCUT2D eigenvalue weighted by Gasteiger charge is 2.49. The molecule has 0 aromatic carbocycles. The second-order valence-electron chi connectivity index (χ2n) is 3.85. The number of aliphatic carboxylic acids is 1. The molecule has 0 unspecified atom stereocenters. The average Bonchev–Trinajstić information content (AvgIpc) is 1.96. The van der Waals surface area contributed by atoms with Crippen molar-refractivity contribution in [2.24, 2.45) is 0 Å². The molecule has 0 rings (SSSR count). The molecule has 0 fully saturated rings. The van der Waals surface area contributed by atoms with Crippen molar-refractivity contribution in [2.75, 3.05) is 0 Å². The first-order valence-corrected chi connectivity index (χ1v) is 4.74. The van der Waals surface area contributed by atoms with Crippen LogP contribution in [0.5, 0.6) is 0 Å². The molecule has 0 atom stereocenters. The Morgan fingerprint density at radius 1 is 0.941 bits per heavy atom. The Hall–Kier alpha value is -0.950. The number of hydrogen-bond donors (Lipinski definition) is 1. The molecule has 0 radical (unpaired) electrons. The minimum absolute atomic E-state index is 0.896. The van der Waals surface area contributed by atoms with E-state index in [2.05, 4.69) is 0 Å². The Morgan fingerprint density at radius 3 is 1.71 bits per heavy atom. The maximum atomic E-state index is 12.9. The molecule has 0 bridgehead atoms. The van der Waals surface area contributed by atoms with Crippen molar-refractivity contribution >= 4 is 5.97 Å². The standard InChI is InChI=1S/C9H12F6O2/c1-2-7(10,11)4-9(14,15)5-8(12,13)3-6(16)17/h2-5H2,1H3,(H,16,17). The van der Waals surface area contributed by atoms with Crippen LogP contribution in [0.3, 0.4) is 0 Å². The molecule has 102 valence electrons. The fourth-order valence-electron chi connectivity index (χ4n) is 1.23. The van der Waals surface area contributed by atoms with E-state index < -0.39 is 49.4 Å². The van der Waals surface area contributed by atoms with Gasteiger partial charge < -0.3 is 5.11 Å². The fourth-order valence-corrected chi connectivity index (χ4v) is 1.23. The van der Waals surface area contributed by atoms with Gasteiger partial charge in [0.2, 0.25) is 0 Å². The fraction of sp³-hybridized carbons (Fsp3) is 0.889. The highest BCUT2D eigenvalue weighted by molar-refractivity contribution is 5.67. The lowest BCUT2D eigenvalue weighted by Crippen LogP contribution is -2.35. The first kappa shape index (κ1) is 16.1. The van der Waals surface area contributed by atoms with Crippen LogP contribution in [0.25, 0.3) is 0 Å². The van der Waals surface area contributed by atoms with Gasteiger partial charge in [0.05, 0.1) is 12.8 Å². The quantitative estimate of drug-likeness (QED) is 0.715. The lowest BCUT2D eigenvalue weighted by atomic mass is 10.00. The van der Waals surface area contributed by atoms with E-state index in [1.165, 1.54) is 0 Å². The molecule has 1 N–H and O–H groups in total. The largest absolute Gasteiger partial charge is 0.481 e. The maximum absolute atomic E-state index is 12.9. The van der Waals surface area contributed by atoms with Gasteiger partial charge in [0.1, 0.15) is 6.42 Å². The normalized spacial score (nSPS) is 13.8. The molecule has 0 amide bonds. The number of carbonyl (C=O) groups is 1. The van der Waals surface area contributed by atoms with Crippen LogP contribution in [0.1, 0.15) is 32.6 Å². The molecule has 17 heavy (non-hydrogen) atoms. The Balaban J connectivity index is 4.58. The summed E-state index contributed by atoms with van der Waals surface area (Å²) in [7, 11) is 0. The van der Waals surface area contributed by atoms with Crippen LogP contribution >= 0.6 is 0 Å². The Bertz CT molecular complexity index is 277. The second kappa shape index (κ2) is 5.14. The van der Waals surface area contributed by atoms with Crippen LogP contribution in [0.2, 0.25) is 0 Å². The van der Waals surface area contributed by atoms with E-state index in [0.29, 0.717) is 0 Å². The van der Waals surface area contributed by atoms with Gasteiger partial charge in [-0.25, -0.2) is 26.3 Å². The number of rotatable bonds is 7. The first-order chi connectivity index (χ1) is 7.39. The van der Waals surface area contributed by atoms with Gasteiger partial charge in [-0.15, -0.1) is 0 Å². The second-order valence-corrected chi connectivity index (χ2v) is 3.85. The topological polar surface area (TPSA) is 37.3 Å². The predicted molar refractivity (Wildman–Crippen MR) is 46.6 cm³/mol. The number of hydrogen-bond acceptors (Lipinski definition) is 1. The van der Waals surface area contributed by atoms with Crippen LogP contribution in [-0.2, 0) is 4.79 Å². The Morgan fingerprint density at radius 2 is 1.35 bits per heavy atom. The molecule has 0 saturated heterocycles. The average molecular weight is 266 g/mol. The van der Waals surface area contributed by atoms with E-state index in [4.69, 9.17) is 5.11 Å². The highest BCUT2D eigenvalue weighted by Crippen LogP contribution is 2.40. The lowest BCUT2D eigenvalue weighted by molar-refractivity contribution is -0.167. The van der Waals surface area contributed by atoms with Crippen LogP contribution in [-0.4, -0.2) is 28.8 Å². The van der Waals surface area contributed by atoms with Gasteiger partial charge in [-0.1, -0.05) is 6.92 Å². The predicted octanol–water partition coefficient (Wildman–Crippen LogP) is 3.56. The summed E-state index contributed by atoms with van der Waals surface area (Å²) < 4.78 is 76.6. The third-order valence-corrected chi connectivity index (χ3v) is 1.96. The molecule has 0 saturated carbocycles. The third-order valence-electron chi connectivity index (χ3n) is 1.96. The van der Waals surface area contributed by atoms with Crippen LogP contribution < -0.4 is 0 Å². The van der Waals surface area contributed by atoms with Crippen molar-refractivity contribution in [3.63, 3.8) is 0 Å². The van der Waals surface area contributed by atoms with E-state index in [-0.39, 0.29) is 0 Å². The zero-order chi connectivity index (χ0) is 13.9. The molecule has 0 aliphatic rings. The SMILES string of the molecule is CCC(F)(F)CC(F)(F)CC(F)(F)CC(=O)O. The lowest BCUT2D eigenvalue weighted by Gasteiger charge is -2.25. The molecule has 0 aromatic heterocycles. The molecule has 0 aliphatic carbocycles. The van der Waals surface area contributed by atoms with Crippen molar-refractivity contribution in [3.8, 4) is 0 Å². The summed E-state index contributed by atoms with van der Waals surface area (Å²) in [5, 5.41) is 8.05. The number of carboxylic acids is 1. The molecule has 0 heterocycles. The smallest absolute Gasteiger partial charge is 0.309 e. The molecule has 2 nitrogen and oxygen atoms in total. The summed E-state index contributed by atoms with van der Waals surface area (Å²) in [6.45, 7) is 0.950. The van der Waals surface area contributed by atoms with Gasteiger partial charge in [-0.2, -0.15) is 0 Å². The Labute approximate surface area is 93.6 Å². The van der Waals surface area contributed by atoms with Crippen molar-refractivity contribution in [1.82, 2.24) is 0 Å². The molecular weight excluding hydrogens is 254 g/mol. The first-order valence-electron chi connectivity index (χ1n) is 4.74. The summed E-state index contributed by atoms with van der Waals surface area (Å²) >= 11 is 0. The third kappa shape index (κ3) is 7.06. The van der Waals surface area contributed by atoms with E-state index in [1.807, 2.05) is 0 Å². The molecule has 0 aliphatic heterocycles. The van der Waals surface area contributed by atoms with Gasteiger partial charge in [0.25, 0.3) is 17.8 Å². The molecular formula is C9H12F6O2. The van der Waals surface area contributed by atoms with Crippen LogP contribution in [0, 0.1) is 0 Å². The minimum atomic E-state index is -4.31. The summed E-state index contributed by atoms with van der Waals surface area (Å²) in [6.07, 6.45) is -6.90. The van der Waals surface area contributed by atoms with Crippen molar-refractivity contribution < 1.29 is 36.2 Å². The Kier molecular flexibility index (Phi) is 4.85. The van der Waals surface area contributed by atoms with Gasteiger partial charge in [-0.3, -0.25) is 4.79 Å². The van der Waals surface area contributed by atoms with E-state index >= 15 is 0 Å². The summed E-state index contributed by atoms with van der Waals surface area (Å²) in [4.78, 5) is 9.97. The van der Waals surface area contributed by atoms with Crippen molar-refractivity contribution in [3.05, 3.63) is 0 Å². The van der Waals surface area contributed by atoms with Gasteiger partial charge in [-0.05, 0) is 0 Å². The zero-order valence-corrected chi connectivity index (χ0v) is 8.95. The summed E-state index contributed by atoms with van der Waals surface area (Å²) in [5.74, 6) is -14.2. The van der Waals surface area contributed by atoms with Crippen LogP contribution in [0.4, 0.5) is 26.3 Å². The van der Waals surface area contributed by atoms with E-state index in [9.17, 15) is 31.1 Å². The zero-order valence-electron chi connectivity index (χ0n) is 8.95.